The van der Waals surface area contributed by atoms with Gasteiger partial charge in [-0.05, 0) is 48.7 Å². The van der Waals surface area contributed by atoms with Gasteiger partial charge in [-0.15, -0.1) is 0 Å². The van der Waals surface area contributed by atoms with Crippen LogP contribution in [-0.2, 0) is 17.6 Å². The zero-order chi connectivity index (χ0) is 16.4. The number of rotatable bonds is 4. The number of amides is 1. The number of hydrogen-bond donors (Lipinski definition) is 2. The molecule has 2 aromatic carbocycles. The van der Waals surface area contributed by atoms with Crippen molar-refractivity contribution in [2.24, 2.45) is 0 Å². The van der Waals surface area contributed by atoms with Crippen molar-refractivity contribution in [1.29, 1.82) is 0 Å². The second-order valence-corrected chi connectivity index (χ2v) is 5.65. The number of aromatic amines is 1. The first-order chi connectivity index (χ1) is 11.1. The van der Waals surface area contributed by atoms with Gasteiger partial charge in [-0.2, -0.15) is 0 Å². The molecular weight excluding hydrogens is 291 g/mol. The summed E-state index contributed by atoms with van der Waals surface area (Å²) in [6, 6.07) is 12.4. The molecule has 0 fully saturated rings. The molecule has 3 nitrogen and oxygen atoms in total. The van der Waals surface area contributed by atoms with Crippen molar-refractivity contribution in [3.05, 3.63) is 65.1 Å². The lowest BCUT2D eigenvalue weighted by molar-refractivity contribution is -0.115. The minimum atomic E-state index is -0.297. The summed E-state index contributed by atoms with van der Waals surface area (Å²) in [6.07, 6.45) is 1.07. The summed E-state index contributed by atoms with van der Waals surface area (Å²) in [5.41, 5.74) is 4.52. The van der Waals surface area contributed by atoms with E-state index in [0.29, 0.717) is 0 Å². The Kier molecular flexibility index (Phi) is 4.15. The van der Waals surface area contributed by atoms with E-state index in [1.165, 1.54) is 12.1 Å². The fraction of sp³-hybridized carbons (Fsp3) is 0.211. The number of benzene rings is 2. The van der Waals surface area contributed by atoms with Crippen LogP contribution in [0, 0.1) is 12.7 Å². The molecule has 0 spiro atoms. The largest absolute Gasteiger partial charge is 0.358 e. The molecule has 3 aromatic rings. The number of hydrogen-bond acceptors (Lipinski definition) is 1. The van der Waals surface area contributed by atoms with E-state index in [4.69, 9.17) is 0 Å². The van der Waals surface area contributed by atoms with E-state index in [-0.39, 0.29) is 18.1 Å². The van der Waals surface area contributed by atoms with E-state index in [2.05, 4.69) is 17.2 Å². The molecule has 3 rings (SSSR count). The predicted octanol–water partition coefficient (Wildman–Crippen LogP) is 4.36. The Morgan fingerprint density at radius 2 is 2.00 bits per heavy atom. The number of H-pyrrole nitrogens is 1. The number of para-hydroxylation sites is 1. The highest BCUT2D eigenvalue weighted by Gasteiger charge is 2.14. The van der Waals surface area contributed by atoms with Crippen LogP contribution in [0.15, 0.2) is 42.5 Å². The molecular formula is C19H19FN2O. The van der Waals surface area contributed by atoms with Gasteiger partial charge in [0.2, 0.25) is 5.91 Å². The first-order valence-corrected chi connectivity index (χ1v) is 7.73. The lowest BCUT2D eigenvalue weighted by Crippen LogP contribution is -2.15. The van der Waals surface area contributed by atoms with Gasteiger partial charge in [0, 0.05) is 22.3 Å². The highest BCUT2D eigenvalue weighted by molar-refractivity contribution is 5.96. The fourth-order valence-electron chi connectivity index (χ4n) is 2.89. The highest BCUT2D eigenvalue weighted by Crippen LogP contribution is 2.24. The molecule has 0 bridgehead atoms. The summed E-state index contributed by atoms with van der Waals surface area (Å²) >= 11 is 0. The second-order valence-electron chi connectivity index (χ2n) is 5.65. The average Bonchev–Trinajstić information content (AvgIpc) is 2.83. The van der Waals surface area contributed by atoms with Crippen molar-refractivity contribution < 1.29 is 9.18 Å². The first-order valence-electron chi connectivity index (χ1n) is 7.73. The van der Waals surface area contributed by atoms with Crippen LogP contribution in [0.5, 0.6) is 0 Å². The van der Waals surface area contributed by atoms with Crippen LogP contribution in [-0.4, -0.2) is 10.9 Å². The van der Waals surface area contributed by atoms with Crippen molar-refractivity contribution in [1.82, 2.24) is 4.98 Å². The molecule has 1 heterocycles. The lowest BCUT2D eigenvalue weighted by atomic mass is 10.1. The first kappa shape index (κ1) is 15.3. The zero-order valence-electron chi connectivity index (χ0n) is 13.2. The van der Waals surface area contributed by atoms with Gasteiger partial charge in [-0.25, -0.2) is 4.39 Å². The SMILES string of the molecule is CCc1ccccc1NC(=O)Cc1c(C)[nH]c2ccc(F)cc12. The van der Waals surface area contributed by atoms with Gasteiger partial charge in [0.15, 0.2) is 0 Å². The van der Waals surface area contributed by atoms with Crippen molar-refractivity contribution >= 4 is 22.5 Å². The van der Waals surface area contributed by atoms with Crippen LogP contribution in [0.3, 0.4) is 0 Å². The van der Waals surface area contributed by atoms with Crippen LogP contribution in [0.4, 0.5) is 10.1 Å². The predicted molar refractivity (Wildman–Crippen MR) is 91.1 cm³/mol. The second kappa shape index (κ2) is 6.24. The Hall–Kier alpha value is -2.62. The third-order valence-electron chi connectivity index (χ3n) is 4.09. The summed E-state index contributed by atoms with van der Waals surface area (Å²) < 4.78 is 13.5. The highest BCUT2D eigenvalue weighted by atomic mass is 19.1. The van der Waals surface area contributed by atoms with Crippen molar-refractivity contribution in [3.8, 4) is 0 Å². The molecule has 0 saturated carbocycles. The topological polar surface area (TPSA) is 44.9 Å². The molecule has 0 radical (unpaired) electrons. The smallest absolute Gasteiger partial charge is 0.228 e. The average molecular weight is 310 g/mol. The van der Waals surface area contributed by atoms with Gasteiger partial charge >= 0.3 is 0 Å². The summed E-state index contributed by atoms with van der Waals surface area (Å²) in [5.74, 6) is -0.395. The van der Waals surface area contributed by atoms with Gasteiger partial charge in [0.05, 0.1) is 6.42 Å². The molecule has 0 saturated heterocycles. The normalized spacial score (nSPS) is 10.9. The zero-order valence-corrected chi connectivity index (χ0v) is 13.2. The molecule has 118 valence electrons. The van der Waals surface area contributed by atoms with Crippen molar-refractivity contribution in [2.45, 2.75) is 26.7 Å². The Labute approximate surface area is 134 Å². The van der Waals surface area contributed by atoms with Crippen LogP contribution in [0.2, 0.25) is 0 Å². The van der Waals surface area contributed by atoms with E-state index in [1.807, 2.05) is 31.2 Å². The molecule has 4 heteroatoms. The van der Waals surface area contributed by atoms with Gasteiger partial charge in [-0.3, -0.25) is 4.79 Å². The van der Waals surface area contributed by atoms with E-state index in [0.717, 1.165) is 39.8 Å². The third kappa shape index (κ3) is 3.11. The van der Waals surface area contributed by atoms with E-state index >= 15 is 0 Å². The number of carbonyl (C=O) groups excluding carboxylic acids is 1. The molecule has 1 amide bonds. The molecule has 1 aromatic heterocycles. The summed E-state index contributed by atoms with van der Waals surface area (Å²) in [6.45, 7) is 3.96. The third-order valence-corrected chi connectivity index (χ3v) is 4.09. The monoisotopic (exact) mass is 310 g/mol. The molecule has 23 heavy (non-hydrogen) atoms. The maximum Gasteiger partial charge on any atom is 0.228 e. The lowest BCUT2D eigenvalue weighted by Gasteiger charge is -2.10. The maximum absolute atomic E-state index is 13.5. The Morgan fingerprint density at radius 1 is 1.22 bits per heavy atom. The number of halogens is 1. The maximum atomic E-state index is 13.5. The number of aromatic nitrogens is 1. The summed E-state index contributed by atoms with van der Waals surface area (Å²) in [4.78, 5) is 15.6. The Morgan fingerprint density at radius 3 is 2.78 bits per heavy atom. The molecule has 0 atom stereocenters. The quantitative estimate of drug-likeness (QED) is 0.739. The van der Waals surface area contributed by atoms with Crippen LogP contribution < -0.4 is 5.32 Å². The number of nitrogens with one attached hydrogen (secondary N) is 2. The van der Waals surface area contributed by atoms with Crippen LogP contribution in [0.25, 0.3) is 10.9 Å². The standard InChI is InChI=1S/C19H19FN2O/c1-3-13-6-4-5-7-17(13)22-19(23)11-15-12(2)21-18-9-8-14(20)10-16(15)18/h4-10,21H,3,11H2,1-2H3,(H,22,23). The van der Waals surface area contributed by atoms with Gasteiger partial charge < -0.3 is 10.3 Å². The van der Waals surface area contributed by atoms with E-state index < -0.39 is 0 Å². The Balaban J connectivity index is 1.86. The van der Waals surface area contributed by atoms with Gasteiger partial charge in [0.1, 0.15) is 5.82 Å². The minimum Gasteiger partial charge on any atom is -0.358 e. The molecule has 0 unspecified atom stereocenters. The molecule has 0 aliphatic heterocycles. The van der Waals surface area contributed by atoms with Crippen molar-refractivity contribution in [3.63, 3.8) is 0 Å². The van der Waals surface area contributed by atoms with E-state index in [9.17, 15) is 9.18 Å². The summed E-state index contributed by atoms with van der Waals surface area (Å²) in [7, 11) is 0. The fourth-order valence-corrected chi connectivity index (χ4v) is 2.89. The molecule has 0 aliphatic rings. The molecule has 0 aliphatic carbocycles. The minimum absolute atomic E-state index is 0.0980. The summed E-state index contributed by atoms with van der Waals surface area (Å²) in [5, 5.41) is 3.72. The number of anilines is 1. The van der Waals surface area contributed by atoms with Crippen LogP contribution in [0.1, 0.15) is 23.7 Å². The van der Waals surface area contributed by atoms with Gasteiger partial charge in [-0.1, -0.05) is 25.1 Å². The number of carbonyl (C=O) groups is 1. The van der Waals surface area contributed by atoms with E-state index in [1.54, 1.807) is 6.07 Å². The Bertz CT molecular complexity index is 867. The molecule has 2 N–H and O–H groups in total. The number of aryl methyl sites for hydroxylation is 2. The number of fused-ring (bicyclic) bond motifs is 1. The van der Waals surface area contributed by atoms with Gasteiger partial charge in [0.25, 0.3) is 0 Å². The van der Waals surface area contributed by atoms with Crippen molar-refractivity contribution in [2.75, 3.05) is 5.32 Å². The van der Waals surface area contributed by atoms with Crippen LogP contribution >= 0.6 is 0 Å².